The van der Waals surface area contributed by atoms with Gasteiger partial charge in [-0.3, -0.25) is 9.59 Å². The summed E-state index contributed by atoms with van der Waals surface area (Å²) in [6.07, 6.45) is 4.26. The molecule has 0 aliphatic heterocycles. The van der Waals surface area contributed by atoms with Crippen LogP contribution in [0.4, 0.5) is 0 Å². The molecule has 0 bridgehead atoms. The average Bonchev–Trinajstić information content (AvgIpc) is 2.52. The molecule has 1 aromatic rings. The Labute approximate surface area is 132 Å². The number of rotatable bonds is 10. The quantitative estimate of drug-likeness (QED) is 0.648. The van der Waals surface area contributed by atoms with Gasteiger partial charge in [-0.25, -0.2) is 0 Å². The van der Waals surface area contributed by atoms with Gasteiger partial charge in [-0.2, -0.15) is 0 Å². The Morgan fingerprint density at radius 2 is 1.73 bits per heavy atom. The van der Waals surface area contributed by atoms with Gasteiger partial charge in [0.15, 0.2) is 0 Å². The Balaban J connectivity index is 2.63. The lowest BCUT2D eigenvalue weighted by Gasteiger charge is -2.28. The Bertz CT molecular complexity index is 462. The van der Waals surface area contributed by atoms with Crippen molar-refractivity contribution in [2.75, 3.05) is 13.1 Å². The van der Waals surface area contributed by atoms with Crippen LogP contribution in [0.25, 0.3) is 0 Å². The molecule has 0 radical (unpaired) electrons. The van der Waals surface area contributed by atoms with Gasteiger partial charge in [-0.1, -0.05) is 43.2 Å². The fraction of sp³-hybridized carbons (Fsp3) is 0.529. The average molecular weight is 305 g/mol. The Morgan fingerprint density at radius 3 is 2.32 bits per heavy atom. The van der Waals surface area contributed by atoms with E-state index in [-0.39, 0.29) is 18.5 Å². The van der Waals surface area contributed by atoms with E-state index < -0.39 is 5.91 Å². The van der Waals surface area contributed by atoms with E-state index in [9.17, 15) is 9.59 Å². The first-order valence-electron chi connectivity index (χ1n) is 7.89. The molecule has 4 N–H and O–H groups in total. The SMILES string of the molecule is C[C@H](c1ccccc1)N(CC(N)=O)C(=O)CCCCCCN. The van der Waals surface area contributed by atoms with Gasteiger partial charge in [-0.05, 0) is 31.9 Å². The van der Waals surface area contributed by atoms with Gasteiger partial charge in [0.1, 0.15) is 0 Å². The second-order valence-electron chi connectivity index (χ2n) is 5.53. The van der Waals surface area contributed by atoms with E-state index in [0.717, 1.165) is 31.2 Å². The first kappa shape index (κ1) is 18.2. The van der Waals surface area contributed by atoms with Gasteiger partial charge < -0.3 is 16.4 Å². The van der Waals surface area contributed by atoms with Crippen molar-refractivity contribution in [3.05, 3.63) is 35.9 Å². The Hall–Kier alpha value is -1.88. The molecule has 1 rings (SSSR count). The van der Waals surface area contributed by atoms with E-state index in [4.69, 9.17) is 11.5 Å². The van der Waals surface area contributed by atoms with E-state index in [1.165, 1.54) is 0 Å². The summed E-state index contributed by atoms with van der Waals surface area (Å²) in [4.78, 5) is 25.3. The van der Waals surface area contributed by atoms with Gasteiger partial charge in [-0.15, -0.1) is 0 Å². The minimum absolute atomic E-state index is 0.0251. The van der Waals surface area contributed by atoms with Crippen LogP contribution in [0.5, 0.6) is 0 Å². The Kier molecular flexibility index (Phi) is 8.22. The molecule has 122 valence electrons. The number of unbranched alkanes of at least 4 members (excludes halogenated alkanes) is 3. The van der Waals surface area contributed by atoms with Crippen LogP contribution in [0.15, 0.2) is 30.3 Å². The molecule has 0 spiro atoms. The van der Waals surface area contributed by atoms with Crippen molar-refractivity contribution in [1.82, 2.24) is 4.90 Å². The van der Waals surface area contributed by atoms with E-state index in [2.05, 4.69) is 0 Å². The summed E-state index contributed by atoms with van der Waals surface area (Å²) >= 11 is 0. The summed E-state index contributed by atoms with van der Waals surface area (Å²) in [6, 6.07) is 9.51. The minimum Gasteiger partial charge on any atom is -0.368 e. The third-order valence-electron chi connectivity index (χ3n) is 3.74. The van der Waals surface area contributed by atoms with Crippen LogP contribution in [0.1, 0.15) is 50.6 Å². The summed E-state index contributed by atoms with van der Waals surface area (Å²) in [7, 11) is 0. The molecule has 0 heterocycles. The molecule has 0 saturated heterocycles. The number of carbonyl (C=O) groups excluding carboxylic acids is 2. The number of hydrogen-bond acceptors (Lipinski definition) is 3. The highest BCUT2D eigenvalue weighted by molar-refractivity contribution is 5.84. The van der Waals surface area contributed by atoms with Crippen molar-refractivity contribution in [2.45, 2.75) is 45.1 Å². The summed E-state index contributed by atoms with van der Waals surface area (Å²) in [5.74, 6) is -0.512. The fourth-order valence-corrected chi connectivity index (χ4v) is 2.44. The summed E-state index contributed by atoms with van der Waals surface area (Å²) in [5, 5.41) is 0. The highest BCUT2D eigenvalue weighted by atomic mass is 16.2. The molecule has 2 amide bonds. The van der Waals surface area contributed by atoms with Crippen molar-refractivity contribution in [1.29, 1.82) is 0 Å². The molecule has 0 saturated carbocycles. The molecule has 0 aliphatic carbocycles. The molecule has 0 unspecified atom stereocenters. The Morgan fingerprint density at radius 1 is 1.09 bits per heavy atom. The number of primary amides is 1. The van der Waals surface area contributed by atoms with E-state index in [0.29, 0.717) is 13.0 Å². The molecule has 0 aromatic heterocycles. The first-order valence-corrected chi connectivity index (χ1v) is 7.89. The van der Waals surface area contributed by atoms with Crippen LogP contribution in [0.3, 0.4) is 0 Å². The summed E-state index contributed by atoms with van der Waals surface area (Å²) < 4.78 is 0. The topological polar surface area (TPSA) is 89.4 Å². The molecule has 1 aromatic carbocycles. The molecule has 5 nitrogen and oxygen atoms in total. The molecule has 0 fully saturated rings. The lowest BCUT2D eigenvalue weighted by Crippen LogP contribution is -2.40. The summed E-state index contributed by atoms with van der Waals surface area (Å²) in [5.41, 5.74) is 11.7. The maximum Gasteiger partial charge on any atom is 0.237 e. The second-order valence-corrected chi connectivity index (χ2v) is 5.53. The minimum atomic E-state index is -0.487. The normalized spacial score (nSPS) is 11.9. The number of nitrogens with two attached hydrogens (primary N) is 2. The van der Waals surface area contributed by atoms with Crippen molar-refractivity contribution >= 4 is 11.8 Å². The van der Waals surface area contributed by atoms with E-state index in [1.54, 1.807) is 4.90 Å². The van der Waals surface area contributed by atoms with Crippen molar-refractivity contribution in [3.63, 3.8) is 0 Å². The zero-order valence-electron chi connectivity index (χ0n) is 13.3. The van der Waals surface area contributed by atoms with Crippen LogP contribution >= 0.6 is 0 Å². The van der Waals surface area contributed by atoms with E-state index in [1.807, 2.05) is 37.3 Å². The van der Waals surface area contributed by atoms with E-state index >= 15 is 0 Å². The lowest BCUT2D eigenvalue weighted by molar-refractivity contribution is -0.137. The smallest absolute Gasteiger partial charge is 0.237 e. The standard InChI is InChI=1S/C17H27N3O2/c1-14(15-9-5-4-6-10-15)20(13-16(19)21)17(22)11-7-2-3-8-12-18/h4-6,9-10,14H,2-3,7-8,11-13,18H2,1H3,(H2,19,21)/t14-/m1/s1. The van der Waals surface area contributed by atoms with Crippen LogP contribution < -0.4 is 11.5 Å². The van der Waals surface area contributed by atoms with Gasteiger partial charge in [0.2, 0.25) is 11.8 Å². The molecule has 0 aliphatic rings. The zero-order valence-corrected chi connectivity index (χ0v) is 13.3. The van der Waals surface area contributed by atoms with Crippen molar-refractivity contribution in [2.24, 2.45) is 11.5 Å². The molecule has 5 heteroatoms. The maximum absolute atomic E-state index is 12.4. The zero-order chi connectivity index (χ0) is 16.4. The fourth-order valence-electron chi connectivity index (χ4n) is 2.44. The van der Waals surface area contributed by atoms with Gasteiger partial charge >= 0.3 is 0 Å². The second kappa shape index (κ2) is 9.95. The number of benzene rings is 1. The monoisotopic (exact) mass is 305 g/mol. The number of hydrogen-bond donors (Lipinski definition) is 2. The van der Waals surface area contributed by atoms with Crippen LogP contribution in [-0.4, -0.2) is 29.8 Å². The maximum atomic E-state index is 12.4. The van der Waals surface area contributed by atoms with Gasteiger partial charge in [0.25, 0.3) is 0 Å². The first-order chi connectivity index (χ1) is 10.6. The summed E-state index contributed by atoms with van der Waals surface area (Å²) in [6.45, 7) is 2.56. The largest absolute Gasteiger partial charge is 0.368 e. The highest BCUT2D eigenvalue weighted by Gasteiger charge is 2.22. The van der Waals surface area contributed by atoms with Crippen molar-refractivity contribution < 1.29 is 9.59 Å². The third kappa shape index (κ3) is 6.26. The van der Waals surface area contributed by atoms with Crippen LogP contribution in [0, 0.1) is 0 Å². The number of nitrogens with zero attached hydrogens (tertiary/aromatic N) is 1. The highest BCUT2D eigenvalue weighted by Crippen LogP contribution is 2.21. The van der Waals surface area contributed by atoms with Crippen LogP contribution in [0.2, 0.25) is 0 Å². The number of amides is 2. The van der Waals surface area contributed by atoms with Crippen molar-refractivity contribution in [3.8, 4) is 0 Å². The van der Waals surface area contributed by atoms with Gasteiger partial charge in [0, 0.05) is 6.42 Å². The molecule has 22 heavy (non-hydrogen) atoms. The van der Waals surface area contributed by atoms with Crippen LogP contribution in [-0.2, 0) is 9.59 Å². The molecule has 1 atom stereocenters. The lowest BCUT2D eigenvalue weighted by atomic mass is 10.1. The molecular formula is C17H27N3O2. The molecular weight excluding hydrogens is 278 g/mol. The van der Waals surface area contributed by atoms with Gasteiger partial charge in [0.05, 0.1) is 12.6 Å². The third-order valence-corrected chi connectivity index (χ3v) is 3.74. The predicted octanol–water partition coefficient (Wildman–Crippen LogP) is 1.97. The predicted molar refractivity (Wildman–Crippen MR) is 87.9 cm³/mol. The number of carbonyl (C=O) groups is 2.